The molecule has 2 N–H and O–H groups in total. The quantitative estimate of drug-likeness (QED) is 0.0272. The van der Waals surface area contributed by atoms with Crippen molar-refractivity contribution in [3.05, 3.63) is 109 Å². The number of quaternary nitrogens is 1. The number of nitrogens with zero attached hydrogens (tertiary/aromatic N) is 1. The molecule has 0 saturated carbocycles. The predicted molar refractivity (Wildman–Crippen MR) is 357 cm³/mol. The van der Waals surface area contributed by atoms with Crippen molar-refractivity contribution in [1.29, 1.82) is 0 Å². The van der Waals surface area contributed by atoms with Crippen LogP contribution in [0.15, 0.2) is 109 Å². The Bertz CT molecular complexity index is 1700. The molecule has 0 aliphatic rings. The van der Waals surface area contributed by atoms with E-state index in [1.807, 2.05) is 21.1 Å². The Balaban J connectivity index is 4.18. The van der Waals surface area contributed by atoms with Gasteiger partial charge in [-0.05, 0) is 77.0 Å². The molecule has 0 aliphatic heterocycles. The SMILES string of the molecule is CC/C=C\C/C=C\C/C=C\C/C=C\C/C=C\C/C=C\C/C=C\C/C=C\C/C=C\CCCC(=O)NC(COP(=O)([O-])OCC[N+](C)(C)C)C(O)CCCCCCCCCCCCCCCCCCCCCCCCCCCCCCCCC. The van der Waals surface area contributed by atoms with Gasteiger partial charge < -0.3 is 28.8 Å². The lowest BCUT2D eigenvalue weighted by molar-refractivity contribution is -0.870. The van der Waals surface area contributed by atoms with Gasteiger partial charge in [-0.3, -0.25) is 9.36 Å². The second kappa shape index (κ2) is 62.7. The molecule has 0 radical (unpaired) electrons. The number of nitrogens with one attached hydrogen (secondary N) is 1. The first-order valence-electron chi connectivity index (χ1n) is 34.2. The summed E-state index contributed by atoms with van der Waals surface area (Å²) >= 11 is 0. The lowest BCUT2D eigenvalue weighted by Crippen LogP contribution is -2.46. The number of aliphatic hydroxyl groups excluding tert-OH is 1. The van der Waals surface area contributed by atoms with Crippen molar-refractivity contribution in [2.24, 2.45) is 0 Å². The smallest absolute Gasteiger partial charge is 0.268 e. The molecular weight excluding hydrogens is 1030 g/mol. The van der Waals surface area contributed by atoms with E-state index in [4.69, 9.17) is 9.05 Å². The van der Waals surface area contributed by atoms with Gasteiger partial charge in [0.25, 0.3) is 7.82 Å². The first-order chi connectivity index (χ1) is 40.0. The van der Waals surface area contributed by atoms with E-state index >= 15 is 0 Å². The molecule has 0 heterocycles. The molecule has 1 amide bonds. The van der Waals surface area contributed by atoms with Gasteiger partial charge in [0.15, 0.2) is 0 Å². The number of aliphatic hydroxyl groups is 1. The van der Waals surface area contributed by atoms with Gasteiger partial charge in [-0.15, -0.1) is 0 Å². The number of phosphoric acid groups is 1. The molecule has 0 aromatic carbocycles. The fourth-order valence-electron chi connectivity index (χ4n) is 9.75. The second-order valence-electron chi connectivity index (χ2n) is 24.2. The minimum absolute atomic E-state index is 0.00434. The number of unbranched alkanes of at least 4 members (excludes halogenated alkanes) is 31. The predicted octanol–water partition coefficient (Wildman–Crippen LogP) is 21.2. The number of hydrogen-bond acceptors (Lipinski definition) is 6. The van der Waals surface area contributed by atoms with Crippen LogP contribution < -0.4 is 10.2 Å². The second-order valence-corrected chi connectivity index (χ2v) is 25.6. The van der Waals surface area contributed by atoms with E-state index in [9.17, 15) is 19.4 Å². The Kier molecular flexibility index (Phi) is 60.5. The lowest BCUT2D eigenvalue weighted by atomic mass is 10.0. The standard InChI is InChI=1S/C73H131N2O6P/c1-6-8-10-12-14-16-18-20-22-24-26-28-30-32-34-36-37-39-40-42-44-46-48-50-52-54-56-58-60-62-64-66-72(76)71(70-81-82(78,79)80-69-68-75(3,4)5)74-73(77)67-65-63-61-59-57-55-53-51-49-47-45-43-41-38-35-33-31-29-27-25-23-21-19-17-15-13-11-9-7-2/h9,11,15,17,21,23,27,29,33,35,41,43,47,49,53,55,59,61,71-72,76H,6-8,10,12-14,16,18-20,22,24-26,28,30-32,34,36-40,42,44-46,48,50-52,54,56-58,60,62-70H2,1-5H3,(H-,74,77,78,79)/b11-9-,17-15-,23-21-,29-27-,35-33-,43-41-,49-47-,55-53-,61-59-. The third kappa shape index (κ3) is 64.7. The van der Waals surface area contributed by atoms with Gasteiger partial charge in [0, 0.05) is 6.42 Å². The molecule has 474 valence electrons. The highest BCUT2D eigenvalue weighted by Gasteiger charge is 2.24. The van der Waals surface area contributed by atoms with Gasteiger partial charge in [0.2, 0.25) is 5.91 Å². The van der Waals surface area contributed by atoms with Crippen LogP contribution in [0.5, 0.6) is 0 Å². The Morgan fingerprint density at radius 3 is 1.04 bits per heavy atom. The van der Waals surface area contributed by atoms with Crippen molar-refractivity contribution in [3.63, 3.8) is 0 Å². The van der Waals surface area contributed by atoms with Crippen molar-refractivity contribution in [2.75, 3.05) is 40.9 Å². The molecule has 0 aliphatic carbocycles. The third-order valence-electron chi connectivity index (χ3n) is 15.0. The van der Waals surface area contributed by atoms with E-state index in [1.54, 1.807) is 0 Å². The zero-order chi connectivity index (χ0) is 59.8. The zero-order valence-electron chi connectivity index (χ0n) is 54.2. The number of hydrogen-bond donors (Lipinski definition) is 2. The van der Waals surface area contributed by atoms with E-state index in [-0.39, 0.29) is 25.5 Å². The van der Waals surface area contributed by atoms with Crippen molar-refractivity contribution in [1.82, 2.24) is 5.32 Å². The summed E-state index contributed by atoms with van der Waals surface area (Å²) < 4.78 is 23.5. The minimum atomic E-state index is -4.60. The van der Waals surface area contributed by atoms with Crippen LogP contribution in [0.3, 0.4) is 0 Å². The van der Waals surface area contributed by atoms with E-state index in [2.05, 4.69) is 129 Å². The van der Waals surface area contributed by atoms with Gasteiger partial charge in [-0.25, -0.2) is 0 Å². The molecule has 0 aromatic heterocycles. The van der Waals surface area contributed by atoms with E-state index in [0.29, 0.717) is 23.9 Å². The third-order valence-corrected chi connectivity index (χ3v) is 16.0. The minimum Gasteiger partial charge on any atom is -0.756 e. The molecule has 9 heteroatoms. The maximum absolute atomic E-state index is 13.0. The average molecular weight is 1160 g/mol. The monoisotopic (exact) mass is 1160 g/mol. The molecule has 8 nitrogen and oxygen atoms in total. The molecule has 0 bridgehead atoms. The Labute approximate surface area is 508 Å². The maximum atomic E-state index is 13.0. The molecule has 3 unspecified atom stereocenters. The van der Waals surface area contributed by atoms with E-state index in [0.717, 1.165) is 83.5 Å². The van der Waals surface area contributed by atoms with Crippen molar-refractivity contribution in [2.45, 2.75) is 309 Å². The average Bonchev–Trinajstić information content (AvgIpc) is 3.47. The van der Waals surface area contributed by atoms with Gasteiger partial charge in [0.1, 0.15) is 13.2 Å². The summed E-state index contributed by atoms with van der Waals surface area (Å²) in [7, 11) is 1.26. The highest BCUT2D eigenvalue weighted by Crippen LogP contribution is 2.38. The lowest BCUT2D eigenvalue weighted by Gasteiger charge is -2.30. The molecule has 0 spiro atoms. The van der Waals surface area contributed by atoms with Crippen LogP contribution in [0.1, 0.15) is 296 Å². The molecule has 3 atom stereocenters. The fraction of sp³-hybridized carbons (Fsp3) is 0.740. The Morgan fingerprint density at radius 1 is 0.439 bits per heavy atom. The van der Waals surface area contributed by atoms with Gasteiger partial charge in [0.05, 0.1) is 39.9 Å². The summed E-state index contributed by atoms with van der Waals surface area (Å²) in [4.78, 5) is 25.6. The van der Waals surface area contributed by atoms with Gasteiger partial charge >= 0.3 is 0 Å². The van der Waals surface area contributed by atoms with Crippen LogP contribution in [-0.2, 0) is 18.4 Å². The van der Waals surface area contributed by atoms with Gasteiger partial charge in [-0.1, -0.05) is 322 Å². The zero-order valence-corrected chi connectivity index (χ0v) is 55.1. The fourth-order valence-corrected chi connectivity index (χ4v) is 10.5. The Hall–Kier alpha value is -2.84. The molecule has 82 heavy (non-hydrogen) atoms. The number of likely N-dealkylation sites (N-methyl/N-ethyl adjacent to an activating group) is 1. The van der Waals surface area contributed by atoms with Gasteiger partial charge in [-0.2, -0.15) is 0 Å². The summed E-state index contributed by atoms with van der Waals surface area (Å²) in [5, 5.41) is 14.0. The van der Waals surface area contributed by atoms with Crippen LogP contribution in [-0.4, -0.2) is 68.5 Å². The molecule has 0 aromatic rings. The maximum Gasteiger partial charge on any atom is 0.268 e. The largest absolute Gasteiger partial charge is 0.756 e. The topological polar surface area (TPSA) is 108 Å². The number of phosphoric ester groups is 1. The van der Waals surface area contributed by atoms with Crippen molar-refractivity contribution >= 4 is 13.7 Å². The van der Waals surface area contributed by atoms with E-state index in [1.165, 1.54) is 180 Å². The van der Waals surface area contributed by atoms with Crippen LogP contribution in [0.4, 0.5) is 0 Å². The summed E-state index contributed by atoms with van der Waals surface area (Å²) in [6.07, 6.45) is 91.7. The van der Waals surface area contributed by atoms with Crippen LogP contribution >= 0.6 is 7.82 Å². The highest BCUT2D eigenvalue weighted by molar-refractivity contribution is 7.45. The van der Waals surface area contributed by atoms with Crippen molar-refractivity contribution < 1.29 is 32.9 Å². The first kappa shape index (κ1) is 79.2. The summed E-state index contributed by atoms with van der Waals surface area (Å²) in [6.45, 7) is 4.59. The highest BCUT2D eigenvalue weighted by atomic mass is 31.2. The van der Waals surface area contributed by atoms with Crippen LogP contribution in [0.2, 0.25) is 0 Å². The Morgan fingerprint density at radius 2 is 0.732 bits per heavy atom. The normalized spacial score (nSPS) is 14.4. The first-order valence-corrected chi connectivity index (χ1v) is 35.7. The molecular formula is C73H131N2O6P. The summed E-state index contributed by atoms with van der Waals surface area (Å²) in [5.74, 6) is -0.223. The molecule has 0 fully saturated rings. The number of rotatable bonds is 62. The number of carbonyl (C=O) groups excluding carboxylic acids is 1. The summed E-state index contributed by atoms with van der Waals surface area (Å²) in [5.41, 5.74) is 0. The number of amides is 1. The van der Waals surface area contributed by atoms with Crippen LogP contribution in [0, 0.1) is 0 Å². The van der Waals surface area contributed by atoms with Crippen LogP contribution in [0.25, 0.3) is 0 Å². The molecule has 0 saturated heterocycles. The molecule has 0 rings (SSSR count). The van der Waals surface area contributed by atoms with Crippen molar-refractivity contribution in [3.8, 4) is 0 Å². The summed E-state index contributed by atoms with van der Waals surface area (Å²) in [6, 6.07) is -0.842. The van der Waals surface area contributed by atoms with E-state index < -0.39 is 20.0 Å². The number of carbonyl (C=O) groups is 1. The number of allylic oxidation sites excluding steroid dienone is 18.